The van der Waals surface area contributed by atoms with Crippen LogP contribution in [0, 0.1) is 0 Å². The SMILES string of the molecule is CCC(C)(C)OCC(O)c1cccc(C(=O)[O-])c1. The summed E-state index contributed by atoms with van der Waals surface area (Å²) in [6.45, 7) is 6.02. The van der Waals surface area contributed by atoms with Crippen LogP contribution in [0.15, 0.2) is 24.3 Å². The van der Waals surface area contributed by atoms with Crippen molar-refractivity contribution in [1.29, 1.82) is 0 Å². The molecular weight excluding hydrogens is 232 g/mol. The predicted molar refractivity (Wildman–Crippen MR) is 66.1 cm³/mol. The van der Waals surface area contributed by atoms with Gasteiger partial charge in [-0.2, -0.15) is 0 Å². The highest BCUT2D eigenvalue weighted by Crippen LogP contribution is 2.20. The van der Waals surface area contributed by atoms with Gasteiger partial charge in [-0.25, -0.2) is 0 Å². The molecule has 0 heterocycles. The van der Waals surface area contributed by atoms with Crippen molar-refractivity contribution >= 4 is 5.97 Å². The third kappa shape index (κ3) is 4.13. The minimum atomic E-state index is -1.25. The number of carboxylic acid groups (broad SMARTS) is 1. The zero-order valence-corrected chi connectivity index (χ0v) is 11.0. The Hall–Kier alpha value is -1.39. The number of hydrogen-bond donors (Lipinski definition) is 1. The van der Waals surface area contributed by atoms with Crippen molar-refractivity contribution in [2.24, 2.45) is 0 Å². The lowest BCUT2D eigenvalue weighted by molar-refractivity contribution is -0.255. The number of carboxylic acids is 1. The van der Waals surface area contributed by atoms with Gasteiger partial charge in [-0.05, 0) is 37.5 Å². The van der Waals surface area contributed by atoms with Gasteiger partial charge in [-0.1, -0.05) is 25.1 Å². The summed E-state index contributed by atoms with van der Waals surface area (Å²) < 4.78 is 5.58. The van der Waals surface area contributed by atoms with E-state index in [1.54, 1.807) is 12.1 Å². The lowest BCUT2D eigenvalue weighted by Gasteiger charge is -2.25. The highest BCUT2D eigenvalue weighted by atomic mass is 16.5. The summed E-state index contributed by atoms with van der Waals surface area (Å²) in [5, 5.41) is 20.7. The first kappa shape index (κ1) is 14.7. The van der Waals surface area contributed by atoms with Crippen LogP contribution in [0.3, 0.4) is 0 Å². The number of carbonyl (C=O) groups excluding carboxylic acids is 1. The molecule has 0 saturated carbocycles. The summed E-state index contributed by atoms with van der Waals surface area (Å²) in [6, 6.07) is 6.08. The van der Waals surface area contributed by atoms with Gasteiger partial charge in [0, 0.05) is 0 Å². The molecule has 0 bridgehead atoms. The van der Waals surface area contributed by atoms with Crippen molar-refractivity contribution in [3.8, 4) is 0 Å². The normalized spacial score (nSPS) is 13.3. The minimum Gasteiger partial charge on any atom is -0.545 e. The molecule has 0 aliphatic carbocycles. The van der Waals surface area contributed by atoms with E-state index in [1.807, 2.05) is 20.8 Å². The second-order valence-corrected chi connectivity index (χ2v) is 4.85. The van der Waals surface area contributed by atoms with E-state index < -0.39 is 12.1 Å². The molecule has 4 heteroatoms. The minimum absolute atomic E-state index is 0.0568. The van der Waals surface area contributed by atoms with Crippen LogP contribution in [0.25, 0.3) is 0 Å². The molecule has 0 fully saturated rings. The van der Waals surface area contributed by atoms with E-state index in [0.29, 0.717) is 5.56 Å². The number of aliphatic hydroxyl groups excluding tert-OH is 1. The molecule has 0 aliphatic heterocycles. The molecule has 1 aromatic carbocycles. The highest BCUT2D eigenvalue weighted by molar-refractivity contribution is 5.85. The number of aliphatic hydroxyl groups is 1. The van der Waals surface area contributed by atoms with E-state index in [2.05, 4.69) is 0 Å². The Morgan fingerprint density at radius 2 is 2.17 bits per heavy atom. The summed E-state index contributed by atoms with van der Waals surface area (Å²) in [6.07, 6.45) is -0.00570. The van der Waals surface area contributed by atoms with Crippen molar-refractivity contribution < 1.29 is 19.7 Å². The zero-order valence-electron chi connectivity index (χ0n) is 11.0. The molecule has 0 aliphatic rings. The molecule has 4 nitrogen and oxygen atoms in total. The summed E-state index contributed by atoms with van der Waals surface area (Å²) in [7, 11) is 0. The smallest absolute Gasteiger partial charge is 0.102 e. The maximum atomic E-state index is 10.7. The van der Waals surface area contributed by atoms with Crippen LogP contribution >= 0.6 is 0 Å². The molecule has 1 unspecified atom stereocenters. The highest BCUT2D eigenvalue weighted by Gasteiger charge is 2.18. The first-order valence-electron chi connectivity index (χ1n) is 5.99. The third-order valence-corrected chi connectivity index (χ3v) is 2.99. The van der Waals surface area contributed by atoms with Crippen LogP contribution in [0.5, 0.6) is 0 Å². The Bertz CT molecular complexity index is 412. The maximum Gasteiger partial charge on any atom is 0.102 e. The summed E-state index contributed by atoms with van der Waals surface area (Å²) in [4.78, 5) is 10.7. The molecule has 18 heavy (non-hydrogen) atoms. The molecule has 1 N–H and O–H groups in total. The van der Waals surface area contributed by atoms with Crippen molar-refractivity contribution in [1.82, 2.24) is 0 Å². The molecule has 0 saturated heterocycles. The standard InChI is InChI=1S/C14H20O4/c1-4-14(2,3)18-9-12(15)10-6-5-7-11(8-10)13(16)17/h5-8,12,15H,4,9H2,1-3H3,(H,16,17)/p-1. The zero-order chi connectivity index (χ0) is 13.8. The largest absolute Gasteiger partial charge is 0.545 e. The first-order chi connectivity index (χ1) is 8.35. The van der Waals surface area contributed by atoms with Crippen LogP contribution in [0.4, 0.5) is 0 Å². The molecule has 0 aromatic heterocycles. The van der Waals surface area contributed by atoms with Crippen molar-refractivity contribution in [3.05, 3.63) is 35.4 Å². The fraction of sp³-hybridized carbons (Fsp3) is 0.500. The number of ether oxygens (including phenoxy) is 1. The molecule has 1 rings (SSSR count). The number of benzene rings is 1. The quantitative estimate of drug-likeness (QED) is 0.827. The van der Waals surface area contributed by atoms with Crippen molar-refractivity contribution in [2.45, 2.75) is 38.9 Å². The van der Waals surface area contributed by atoms with Gasteiger partial charge >= 0.3 is 0 Å². The lowest BCUT2D eigenvalue weighted by atomic mass is 10.0. The molecule has 0 amide bonds. The van der Waals surface area contributed by atoms with Gasteiger partial charge in [0.15, 0.2) is 0 Å². The summed E-state index contributed by atoms with van der Waals surface area (Å²) in [5.41, 5.74) is 0.275. The molecule has 0 radical (unpaired) electrons. The number of rotatable bonds is 6. The lowest BCUT2D eigenvalue weighted by Crippen LogP contribution is -2.26. The van der Waals surface area contributed by atoms with Gasteiger partial charge in [0.1, 0.15) is 6.10 Å². The Morgan fingerprint density at radius 3 is 2.72 bits per heavy atom. The van der Waals surface area contributed by atoms with Gasteiger partial charge in [0.25, 0.3) is 0 Å². The number of carbonyl (C=O) groups is 1. The second kappa shape index (κ2) is 5.98. The fourth-order valence-corrected chi connectivity index (χ4v) is 1.38. The van der Waals surface area contributed by atoms with Crippen molar-refractivity contribution in [2.75, 3.05) is 6.61 Å². The maximum absolute atomic E-state index is 10.7. The number of hydrogen-bond acceptors (Lipinski definition) is 4. The summed E-state index contributed by atoms with van der Waals surface area (Å²) in [5.74, 6) is -1.25. The average molecular weight is 251 g/mol. The molecular formula is C14H19O4-. The van der Waals surface area contributed by atoms with E-state index >= 15 is 0 Å². The molecule has 100 valence electrons. The van der Waals surface area contributed by atoms with E-state index in [9.17, 15) is 15.0 Å². The molecule has 0 spiro atoms. The van der Waals surface area contributed by atoms with E-state index in [0.717, 1.165) is 6.42 Å². The van der Waals surface area contributed by atoms with Gasteiger partial charge in [0.05, 0.1) is 18.2 Å². The first-order valence-corrected chi connectivity index (χ1v) is 5.99. The second-order valence-electron chi connectivity index (χ2n) is 4.85. The monoisotopic (exact) mass is 251 g/mol. The van der Waals surface area contributed by atoms with Crippen LogP contribution in [0.1, 0.15) is 49.2 Å². The van der Waals surface area contributed by atoms with Crippen LogP contribution < -0.4 is 5.11 Å². The van der Waals surface area contributed by atoms with Crippen LogP contribution in [-0.2, 0) is 4.74 Å². The number of aromatic carboxylic acids is 1. The Kier molecular flexibility index (Phi) is 4.87. The van der Waals surface area contributed by atoms with Crippen molar-refractivity contribution in [3.63, 3.8) is 0 Å². The average Bonchev–Trinajstić information content (AvgIpc) is 2.36. The van der Waals surface area contributed by atoms with Gasteiger partial charge < -0.3 is 19.7 Å². The van der Waals surface area contributed by atoms with Crippen LogP contribution in [0.2, 0.25) is 0 Å². The Balaban J connectivity index is 2.69. The Labute approximate surface area is 107 Å². The molecule has 1 atom stereocenters. The van der Waals surface area contributed by atoms with Gasteiger partial charge in [0.2, 0.25) is 0 Å². The van der Waals surface area contributed by atoms with E-state index in [4.69, 9.17) is 4.74 Å². The molecule has 1 aromatic rings. The van der Waals surface area contributed by atoms with E-state index in [-0.39, 0.29) is 17.8 Å². The third-order valence-electron chi connectivity index (χ3n) is 2.99. The predicted octanol–water partition coefficient (Wildman–Crippen LogP) is 1.29. The summed E-state index contributed by atoms with van der Waals surface area (Å²) >= 11 is 0. The van der Waals surface area contributed by atoms with E-state index in [1.165, 1.54) is 12.1 Å². The Morgan fingerprint density at radius 1 is 1.50 bits per heavy atom. The van der Waals surface area contributed by atoms with Gasteiger partial charge in [-0.15, -0.1) is 0 Å². The fourth-order valence-electron chi connectivity index (χ4n) is 1.38. The topological polar surface area (TPSA) is 69.6 Å². The van der Waals surface area contributed by atoms with Gasteiger partial charge in [-0.3, -0.25) is 0 Å². The van der Waals surface area contributed by atoms with Crippen LogP contribution in [-0.4, -0.2) is 23.3 Å².